The Kier molecular flexibility index (Phi) is 4.64. The number of benzene rings is 2. The fraction of sp³-hybridized carbons (Fsp3) is 0.294. The lowest BCUT2D eigenvalue weighted by molar-refractivity contribution is 0.414. The van der Waals surface area contributed by atoms with E-state index in [-0.39, 0.29) is 6.04 Å². The van der Waals surface area contributed by atoms with Crippen LogP contribution in [0.2, 0.25) is 0 Å². The summed E-state index contributed by atoms with van der Waals surface area (Å²) >= 11 is 0. The zero-order valence-corrected chi connectivity index (χ0v) is 12.3. The van der Waals surface area contributed by atoms with Crippen LogP contribution in [-0.2, 0) is 0 Å². The van der Waals surface area contributed by atoms with Gasteiger partial charge in [0.15, 0.2) is 0 Å². The van der Waals surface area contributed by atoms with E-state index in [1.807, 2.05) is 24.3 Å². The Bertz CT molecular complexity index is 551. The van der Waals surface area contributed by atoms with Gasteiger partial charge < -0.3 is 15.4 Å². The van der Waals surface area contributed by atoms with Gasteiger partial charge in [0, 0.05) is 25.3 Å². The van der Waals surface area contributed by atoms with Crippen LogP contribution in [0.25, 0.3) is 0 Å². The largest absolute Gasteiger partial charge is 0.497 e. The van der Waals surface area contributed by atoms with Gasteiger partial charge in [-0.25, -0.2) is 0 Å². The standard InChI is InChI=1S/C17H22N2O/c1-13-7-9-15(10-8-13)19(2)12-17(18)14-5-4-6-16(11-14)20-3/h4-11,17H,12,18H2,1-3H3. The van der Waals surface area contributed by atoms with Crippen LogP contribution in [0, 0.1) is 6.92 Å². The maximum Gasteiger partial charge on any atom is 0.119 e. The summed E-state index contributed by atoms with van der Waals surface area (Å²) in [7, 11) is 3.73. The third kappa shape index (κ3) is 3.52. The molecular formula is C17H22N2O. The van der Waals surface area contributed by atoms with Gasteiger partial charge in [0.1, 0.15) is 5.75 Å². The summed E-state index contributed by atoms with van der Waals surface area (Å²) in [5.74, 6) is 0.843. The molecule has 0 spiro atoms. The molecule has 0 heterocycles. The predicted octanol–water partition coefficient (Wildman–Crippen LogP) is 3.14. The van der Waals surface area contributed by atoms with Crippen molar-refractivity contribution < 1.29 is 4.74 Å². The number of likely N-dealkylation sites (N-methyl/N-ethyl adjacent to an activating group) is 1. The molecule has 0 aliphatic rings. The lowest BCUT2D eigenvalue weighted by Crippen LogP contribution is -2.28. The highest BCUT2D eigenvalue weighted by atomic mass is 16.5. The molecule has 2 aromatic carbocycles. The minimum atomic E-state index is -0.0450. The highest BCUT2D eigenvalue weighted by molar-refractivity contribution is 5.47. The number of hydrogen-bond acceptors (Lipinski definition) is 3. The van der Waals surface area contributed by atoms with Gasteiger partial charge in [-0.1, -0.05) is 29.8 Å². The first kappa shape index (κ1) is 14.4. The second-order valence-electron chi connectivity index (χ2n) is 5.10. The normalized spacial score (nSPS) is 12.0. The fourth-order valence-electron chi connectivity index (χ4n) is 2.18. The van der Waals surface area contributed by atoms with Crippen LogP contribution < -0.4 is 15.4 Å². The van der Waals surface area contributed by atoms with Gasteiger partial charge in [-0.05, 0) is 36.8 Å². The van der Waals surface area contributed by atoms with E-state index >= 15 is 0 Å². The van der Waals surface area contributed by atoms with Gasteiger partial charge >= 0.3 is 0 Å². The number of anilines is 1. The smallest absolute Gasteiger partial charge is 0.119 e. The Labute approximate surface area is 121 Å². The van der Waals surface area contributed by atoms with E-state index in [0.29, 0.717) is 0 Å². The first-order chi connectivity index (χ1) is 9.60. The Balaban J connectivity index is 2.06. The Morgan fingerprint density at radius 2 is 1.85 bits per heavy atom. The third-order valence-electron chi connectivity index (χ3n) is 3.47. The van der Waals surface area contributed by atoms with Gasteiger partial charge in [-0.3, -0.25) is 0 Å². The first-order valence-corrected chi connectivity index (χ1v) is 6.77. The van der Waals surface area contributed by atoms with E-state index in [1.165, 1.54) is 11.3 Å². The van der Waals surface area contributed by atoms with Crippen molar-refractivity contribution in [2.75, 3.05) is 25.6 Å². The molecule has 0 saturated heterocycles. The van der Waals surface area contributed by atoms with Gasteiger partial charge in [0.25, 0.3) is 0 Å². The summed E-state index contributed by atoms with van der Waals surface area (Å²) in [4.78, 5) is 2.17. The minimum absolute atomic E-state index is 0.0450. The van der Waals surface area contributed by atoms with Crippen molar-refractivity contribution in [2.45, 2.75) is 13.0 Å². The minimum Gasteiger partial charge on any atom is -0.497 e. The molecule has 2 N–H and O–H groups in total. The molecule has 0 fully saturated rings. The average molecular weight is 270 g/mol. The molecule has 0 radical (unpaired) electrons. The second-order valence-corrected chi connectivity index (χ2v) is 5.10. The molecule has 0 aliphatic carbocycles. The zero-order valence-electron chi connectivity index (χ0n) is 12.3. The van der Waals surface area contributed by atoms with Crippen LogP contribution in [0.5, 0.6) is 5.75 Å². The summed E-state index contributed by atoms with van der Waals surface area (Å²) in [5.41, 5.74) is 9.81. The second kappa shape index (κ2) is 6.44. The van der Waals surface area contributed by atoms with Crippen molar-refractivity contribution in [3.63, 3.8) is 0 Å². The summed E-state index contributed by atoms with van der Waals surface area (Å²) in [6.07, 6.45) is 0. The molecule has 0 aliphatic heterocycles. The number of rotatable bonds is 5. The average Bonchev–Trinajstić information content (AvgIpc) is 2.47. The molecule has 0 saturated carbocycles. The molecule has 1 atom stereocenters. The number of nitrogens with two attached hydrogens (primary N) is 1. The zero-order chi connectivity index (χ0) is 14.5. The van der Waals surface area contributed by atoms with Crippen molar-refractivity contribution in [3.8, 4) is 5.75 Å². The van der Waals surface area contributed by atoms with Crippen molar-refractivity contribution >= 4 is 5.69 Å². The highest BCUT2D eigenvalue weighted by Crippen LogP contribution is 2.20. The molecule has 20 heavy (non-hydrogen) atoms. The molecule has 3 heteroatoms. The number of aryl methyl sites for hydroxylation is 1. The highest BCUT2D eigenvalue weighted by Gasteiger charge is 2.10. The van der Waals surface area contributed by atoms with Crippen LogP contribution in [0.3, 0.4) is 0 Å². The summed E-state index contributed by atoms with van der Waals surface area (Å²) in [6.45, 7) is 2.85. The van der Waals surface area contributed by atoms with Crippen LogP contribution in [0.15, 0.2) is 48.5 Å². The molecule has 2 rings (SSSR count). The van der Waals surface area contributed by atoms with Crippen molar-refractivity contribution in [2.24, 2.45) is 5.73 Å². The maximum absolute atomic E-state index is 6.29. The number of nitrogens with zero attached hydrogens (tertiary/aromatic N) is 1. The van der Waals surface area contributed by atoms with Crippen molar-refractivity contribution in [1.29, 1.82) is 0 Å². The van der Waals surface area contributed by atoms with Gasteiger partial charge in [0.05, 0.1) is 7.11 Å². The lowest BCUT2D eigenvalue weighted by Gasteiger charge is -2.24. The SMILES string of the molecule is COc1cccc(C(N)CN(C)c2ccc(C)cc2)c1. The van der Waals surface area contributed by atoms with Gasteiger partial charge in [-0.2, -0.15) is 0 Å². The monoisotopic (exact) mass is 270 g/mol. The molecule has 3 nitrogen and oxygen atoms in total. The number of hydrogen-bond donors (Lipinski definition) is 1. The van der Waals surface area contributed by atoms with Crippen LogP contribution >= 0.6 is 0 Å². The summed E-state index contributed by atoms with van der Waals surface area (Å²) in [5, 5.41) is 0. The van der Waals surface area contributed by atoms with E-state index in [9.17, 15) is 0 Å². The maximum atomic E-state index is 6.29. The summed E-state index contributed by atoms with van der Waals surface area (Å²) in [6, 6.07) is 16.4. The topological polar surface area (TPSA) is 38.5 Å². The molecule has 0 amide bonds. The van der Waals surface area contributed by atoms with E-state index < -0.39 is 0 Å². The number of ether oxygens (including phenoxy) is 1. The summed E-state index contributed by atoms with van der Waals surface area (Å²) < 4.78 is 5.24. The van der Waals surface area contributed by atoms with E-state index in [2.05, 4.69) is 43.1 Å². The Morgan fingerprint density at radius 3 is 2.50 bits per heavy atom. The third-order valence-corrected chi connectivity index (χ3v) is 3.47. The van der Waals surface area contributed by atoms with E-state index in [1.54, 1.807) is 7.11 Å². The van der Waals surface area contributed by atoms with Crippen LogP contribution in [-0.4, -0.2) is 20.7 Å². The van der Waals surface area contributed by atoms with E-state index in [4.69, 9.17) is 10.5 Å². The first-order valence-electron chi connectivity index (χ1n) is 6.77. The molecule has 0 bridgehead atoms. The van der Waals surface area contributed by atoms with Crippen molar-refractivity contribution in [1.82, 2.24) is 0 Å². The van der Waals surface area contributed by atoms with Gasteiger partial charge in [-0.15, -0.1) is 0 Å². The van der Waals surface area contributed by atoms with Crippen molar-refractivity contribution in [3.05, 3.63) is 59.7 Å². The molecule has 0 aromatic heterocycles. The molecule has 106 valence electrons. The van der Waals surface area contributed by atoms with Crippen LogP contribution in [0.4, 0.5) is 5.69 Å². The molecule has 2 aromatic rings. The predicted molar refractivity (Wildman–Crippen MR) is 84.4 cm³/mol. The number of methoxy groups -OCH3 is 1. The van der Waals surface area contributed by atoms with Crippen LogP contribution in [0.1, 0.15) is 17.2 Å². The Hall–Kier alpha value is -2.00. The molecular weight excluding hydrogens is 248 g/mol. The Morgan fingerprint density at radius 1 is 1.15 bits per heavy atom. The fourth-order valence-corrected chi connectivity index (χ4v) is 2.18. The molecule has 1 unspecified atom stereocenters. The lowest BCUT2D eigenvalue weighted by atomic mass is 10.1. The van der Waals surface area contributed by atoms with E-state index in [0.717, 1.165) is 17.9 Å². The van der Waals surface area contributed by atoms with Gasteiger partial charge in [0.2, 0.25) is 0 Å². The quantitative estimate of drug-likeness (QED) is 0.907.